The standard InChI is InChI=1S/C14H22N4O3/c1-9(2)17-8-12(18(20)21)5-13(17)14(19)16-6-10(3)4-11(15)7-16/h5,8-11H,4,6-7,15H2,1-3H3. The van der Waals surface area contributed by atoms with Crippen molar-refractivity contribution in [3.8, 4) is 0 Å². The van der Waals surface area contributed by atoms with Crippen LogP contribution in [0.25, 0.3) is 0 Å². The number of nitrogens with zero attached hydrogens (tertiary/aromatic N) is 3. The molecule has 7 heteroatoms. The second-order valence-electron chi connectivity index (χ2n) is 6.15. The average Bonchev–Trinajstić information content (AvgIpc) is 2.81. The van der Waals surface area contributed by atoms with Crippen LogP contribution in [0.1, 0.15) is 43.7 Å². The van der Waals surface area contributed by atoms with E-state index in [9.17, 15) is 14.9 Å². The number of nitrogens with two attached hydrogens (primary N) is 1. The molecule has 1 fully saturated rings. The van der Waals surface area contributed by atoms with Gasteiger partial charge in [0.15, 0.2) is 0 Å². The number of hydrogen-bond donors (Lipinski definition) is 1. The molecule has 2 unspecified atom stereocenters. The van der Waals surface area contributed by atoms with Crippen molar-refractivity contribution in [2.24, 2.45) is 11.7 Å². The fourth-order valence-electron chi connectivity index (χ4n) is 2.89. The molecular weight excluding hydrogens is 272 g/mol. The predicted octanol–water partition coefficient (Wildman–Crippen LogP) is 1.79. The van der Waals surface area contributed by atoms with E-state index in [0.717, 1.165) is 6.42 Å². The van der Waals surface area contributed by atoms with Crippen molar-refractivity contribution in [3.05, 3.63) is 28.1 Å². The summed E-state index contributed by atoms with van der Waals surface area (Å²) >= 11 is 0. The lowest BCUT2D eigenvalue weighted by atomic mass is 9.96. The van der Waals surface area contributed by atoms with Gasteiger partial charge in [0.05, 0.1) is 11.1 Å². The second kappa shape index (κ2) is 5.85. The summed E-state index contributed by atoms with van der Waals surface area (Å²) in [7, 11) is 0. The molecule has 1 aromatic heterocycles. The molecule has 1 amide bonds. The van der Waals surface area contributed by atoms with Crippen LogP contribution in [0.15, 0.2) is 12.3 Å². The fraction of sp³-hybridized carbons (Fsp3) is 0.643. The van der Waals surface area contributed by atoms with Gasteiger partial charge in [0.1, 0.15) is 5.69 Å². The molecule has 0 saturated carbocycles. The maximum Gasteiger partial charge on any atom is 0.287 e. The van der Waals surface area contributed by atoms with Crippen LogP contribution in [-0.2, 0) is 0 Å². The minimum absolute atomic E-state index is 0.0199. The van der Waals surface area contributed by atoms with E-state index >= 15 is 0 Å². The van der Waals surface area contributed by atoms with E-state index in [4.69, 9.17) is 5.73 Å². The lowest BCUT2D eigenvalue weighted by molar-refractivity contribution is -0.384. The highest BCUT2D eigenvalue weighted by Crippen LogP contribution is 2.24. The third kappa shape index (κ3) is 3.24. The van der Waals surface area contributed by atoms with Gasteiger partial charge in [0.2, 0.25) is 0 Å². The molecule has 21 heavy (non-hydrogen) atoms. The SMILES string of the molecule is CC1CC(N)CN(C(=O)c2cc([N+](=O)[O-])cn2C(C)C)C1. The molecule has 1 aromatic rings. The molecule has 116 valence electrons. The molecule has 1 aliphatic heterocycles. The summed E-state index contributed by atoms with van der Waals surface area (Å²) in [4.78, 5) is 24.9. The van der Waals surface area contributed by atoms with Gasteiger partial charge in [-0.2, -0.15) is 0 Å². The van der Waals surface area contributed by atoms with E-state index in [2.05, 4.69) is 6.92 Å². The molecule has 1 saturated heterocycles. The lowest BCUT2D eigenvalue weighted by Crippen LogP contribution is -2.49. The Bertz CT molecular complexity index is 542. The van der Waals surface area contributed by atoms with Crippen LogP contribution >= 0.6 is 0 Å². The number of amides is 1. The quantitative estimate of drug-likeness (QED) is 0.679. The molecule has 0 aliphatic carbocycles. The first kappa shape index (κ1) is 15.5. The van der Waals surface area contributed by atoms with Crippen molar-refractivity contribution in [2.45, 2.75) is 39.3 Å². The summed E-state index contributed by atoms with van der Waals surface area (Å²) in [6.45, 7) is 6.99. The van der Waals surface area contributed by atoms with Crippen LogP contribution in [0.2, 0.25) is 0 Å². The maximum atomic E-state index is 12.7. The molecule has 0 spiro atoms. The number of hydrogen-bond acceptors (Lipinski definition) is 4. The second-order valence-corrected chi connectivity index (χ2v) is 6.15. The van der Waals surface area contributed by atoms with Gasteiger partial charge in [-0.15, -0.1) is 0 Å². The summed E-state index contributed by atoms with van der Waals surface area (Å²) in [5.41, 5.74) is 6.28. The van der Waals surface area contributed by atoms with Crippen LogP contribution in [0.3, 0.4) is 0 Å². The number of nitro groups is 1. The van der Waals surface area contributed by atoms with E-state index < -0.39 is 4.92 Å². The number of piperidine rings is 1. The van der Waals surface area contributed by atoms with Gasteiger partial charge in [-0.1, -0.05) is 6.92 Å². The van der Waals surface area contributed by atoms with E-state index in [1.165, 1.54) is 12.3 Å². The minimum Gasteiger partial charge on any atom is -0.336 e. The predicted molar refractivity (Wildman–Crippen MR) is 79.1 cm³/mol. The Morgan fingerprint density at radius 3 is 2.67 bits per heavy atom. The maximum absolute atomic E-state index is 12.7. The van der Waals surface area contributed by atoms with Gasteiger partial charge in [-0.3, -0.25) is 14.9 Å². The summed E-state index contributed by atoms with van der Waals surface area (Å²) in [5, 5.41) is 10.9. The highest BCUT2D eigenvalue weighted by atomic mass is 16.6. The molecule has 2 heterocycles. The Morgan fingerprint density at radius 2 is 2.14 bits per heavy atom. The highest BCUT2D eigenvalue weighted by molar-refractivity contribution is 5.93. The molecule has 1 aliphatic rings. The summed E-state index contributed by atoms with van der Waals surface area (Å²) in [6.07, 6.45) is 2.32. The van der Waals surface area contributed by atoms with Crippen LogP contribution in [0, 0.1) is 16.0 Å². The van der Waals surface area contributed by atoms with Gasteiger partial charge >= 0.3 is 0 Å². The third-order valence-electron chi connectivity index (χ3n) is 3.80. The van der Waals surface area contributed by atoms with Crippen molar-refractivity contribution in [2.75, 3.05) is 13.1 Å². The Kier molecular flexibility index (Phi) is 4.32. The number of carbonyl (C=O) groups is 1. The normalized spacial score (nSPS) is 22.6. The van der Waals surface area contributed by atoms with E-state index in [0.29, 0.717) is 24.7 Å². The molecule has 2 atom stereocenters. The highest BCUT2D eigenvalue weighted by Gasteiger charge is 2.30. The van der Waals surface area contributed by atoms with E-state index in [1.807, 2.05) is 13.8 Å². The number of rotatable bonds is 3. The van der Waals surface area contributed by atoms with E-state index in [-0.39, 0.29) is 23.7 Å². The van der Waals surface area contributed by atoms with Gasteiger partial charge in [0.25, 0.3) is 11.6 Å². The number of aromatic nitrogens is 1. The Morgan fingerprint density at radius 1 is 1.48 bits per heavy atom. The first-order valence-electron chi connectivity index (χ1n) is 7.20. The van der Waals surface area contributed by atoms with Gasteiger partial charge in [-0.25, -0.2) is 0 Å². The number of carbonyl (C=O) groups excluding carboxylic acids is 1. The van der Waals surface area contributed by atoms with E-state index in [1.54, 1.807) is 9.47 Å². The van der Waals surface area contributed by atoms with Crippen molar-refractivity contribution in [1.82, 2.24) is 9.47 Å². The zero-order chi connectivity index (χ0) is 15.7. The molecule has 0 bridgehead atoms. The molecule has 2 N–H and O–H groups in total. The smallest absolute Gasteiger partial charge is 0.287 e. The zero-order valence-corrected chi connectivity index (χ0v) is 12.7. The largest absolute Gasteiger partial charge is 0.336 e. The van der Waals surface area contributed by atoms with Crippen LogP contribution in [-0.4, -0.2) is 39.4 Å². The van der Waals surface area contributed by atoms with Crippen LogP contribution in [0.4, 0.5) is 5.69 Å². The molecular formula is C14H22N4O3. The Hall–Kier alpha value is -1.89. The van der Waals surface area contributed by atoms with Gasteiger partial charge < -0.3 is 15.2 Å². The summed E-state index contributed by atoms with van der Waals surface area (Å²) in [5.74, 6) is 0.161. The first-order chi connectivity index (χ1) is 9.79. The van der Waals surface area contributed by atoms with Gasteiger partial charge in [0, 0.05) is 31.2 Å². The Labute approximate surface area is 123 Å². The monoisotopic (exact) mass is 294 g/mol. The Balaban J connectivity index is 2.31. The van der Waals surface area contributed by atoms with Crippen LogP contribution in [0.5, 0.6) is 0 Å². The lowest BCUT2D eigenvalue weighted by Gasteiger charge is -2.35. The summed E-state index contributed by atoms with van der Waals surface area (Å²) in [6, 6.07) is 1.30. The molecule has 0 aromatic carbocycles. The average molecular weight is 294 g/mol. The molecule has 7 nitrogen and oxygen atoms in total. The van der Waals surface area contributed by atoms with Crippen molar-refractivity contribution in [3.63, 3.8) is 0 Å². The fourth-order valence-corrected chi connectivity index (χ4v) is 2.89. The minimum atomic E-state index is -0.472. The van der Waals surface area contributed by atoms with Crippen LogP contribution < -0.4 is 5.73 Å². The molecule has 2 rings (SSSR count). The van der Waals surface area contributed by atoms with Gasteiger partial charge in [-0.05, 0) is 26.2 Å². The summed E-state index contributed by atoms with van der Waals surface area (Å²) < 4.78 is 1.66. The van der Waals surface area contributed by atoms with Crippen molar-refractivity contribution in [1.29, 1.82) is 0 Å². The molecule has 0 radical (unpaired) electrons. The van der Waals surface area contributed by atoms with Crippen molar-refractivity contribution < 1.29 is 9.72 Å². The third-order valence-corrected chi connectivity index (χ3v) is 3.80. The zero-order valence-electron chi connectivity index (χ0n) is 12.7. The van der Waals surface area contributed by atoms with Crippen molar-refractivity contribution >= 4 is 11.6 Å². The topological polar surface area (TPSA) is 94.4 Å². The first-order valence-corrected chi connectivity index (χ1v) is 7.20. The number of likely N-dealkylation sites (tertiary alicyclic amines) is 1.